The van der Waals surface area contributed by atoms with Crippen LogP contribution >= 0.6 is 11.3 Å². The summed E-state index contributed by atoms with van der Waals surface area (Å²) in [5.41, 5.74) is 2.87. The number of carboxylic acids is 1. The first-order valence-corrected chi connectivity index (χ1v) is 9.15. The quantitative estimate of drug-likeness (QED) is 0.588. The van der Waals surface area contributed by atoms with Crippen LogP contribution < -0.4 is 5.56 Å². The van der Waals surface area contributed by atoms with Crippen molar-refractivity contribution in [2.75, 3.05) is 0 Å². The zero-order chi connectivity index (χ0) is 19.0. The van der Waals surface area contributed by atoms with Gasteiger partial charge in [-0.25, -0.2) is 4.98 Å². The average Bonchev–Trinajstić information content (AvgIpc) is 3.09. The largest absolute Gasteiger partial charge is 0.480 e. The predicted octanol–water partition coefficient (Wildman–Crippen LogP) is 3.58. The van der Waals surface area contributed by atoms with Crippen LogP contribution in [-0.4, -0.2) is 25.6 Å². The van der Waals surface area contributed by atoms with Gasteiger partial charge in [-0.15, -0.1) is 11.3 Å². The molecule has 3 aromatic heterocycles. The van der Waals surface area contributed by atoms with E-state index in [1.54, 1.807) is 24.4 Å². The zero-order valence-corrected chi connectivity index (χ0v) is 15.2. The number of carboxylic acid groups (broad SMARTS) is 1. The molecule has 0 spiro atoms. The fourth-order valence-electron chi connectivity index (χ4n) is 2.94. The third-order valence-corrected chi connectivity index (χ3v) is 5.12. The van der Waals surface area contributed by atoms with E-state index in [0.717, 1.165) is 16.7 Å². The van der Waals surface area contributed by atoms with Crippen LogP contribution in [0.15, 0.2) is 58.8 Å². The molecule has 0 saturated heterocycles. The van der Waals surface area contributed by atoms with E-state index in [9.17, 15) is 14.7 Å². The number of benzene rings is 1. The van der Waals surface area contributed by atoms with E-state index in [1.807, 2.05) is 36.6 Å². The van der Waals surface area contributed by atoms with Gasteiger partial charge in [0.25, 0.3) is 5.56 Å². The van der Waals surface area contributed by atoms with Gasteiger partial charge in [0.1, 0.15) is 17.1 Å². The van der Waals surface area contributed by atoms with Crippen molar-refractivity contribution in [3.63, 3.8) is 0 Å². The molecule has 3 heterocycles. The number of thiophene rings is 1. The molecule has 4 aromatic rings. The molecule has 0 aliphatic rings. The molecule has 0 fully saturated rings. The second-order valence-electron chi connectivity index (χ2n) is 6.13. The summed E-state index contributed by atoms with van der Waals surface area (Å²) in [5.74, 6) is -0.852. The number of aryl methyl sites for hydroxylation is 1. The number of aromatic nitrogens is 3. The maximum atomic E-state index is 13.2. The Hall–Kier alpha value is -3.32. The molecule has 0 atom stereocenters. The van der Waals surface area contributed by atoms with Crippen LogP contribution in [0.1, 0.15) is 5.56 Å². The van der Waals surface area contributed by atoms with Gasteiger partial charge in [0.15, 0.2) is 5.82 Å². The third-order valence-electron chi connectivity index (χ3n) is 4.24. The Morgan fingerprint density at radius 3 is 2.63 bits per heavy atom. The molecule has 27 heavy (non-hydrogen) atoms. The maximum absolute atomic E-state index is 13.2. The maximum Gasteiger partial charge on any atom is 0.323 e. The number of pyridine rings is 1. The van der Waals surface area contributed by atoms with Crippen molar-refractivity contribution in [3.8, 4) is 22.6 Å². The van der Waals surface area contributed by atoms with Crippen molar-refractivity contribution >= 4 is 27.5 Å². The van der Waals surface area contributed by atoms with Crippen molar-refractivity contribution in [2.45, 2.75) is 13.5 Å². The summed E-state index contributed by atoms with van der Waals surface area (Å²) >= 11 is 1.36. The van der Waals surface area contributed by atoms with Crippen molar-refractivity contribution < 1.29 is 9.90 Å². The molecule has 1 N–H and O–H groups in total. The van der Waals surface area contributed by atoms with Gasteiger partial charge in [0, 0.05) is 17.1 Å². The highest BCUT2D eigenvalue weighted by molar-refractivity contribution is 7.17. The Morgan fingerprint density at radius 1 is 1.19 bits per heavy atom. The lowest BCUT2D eigenvalue weighted by Gasteiger charge is -2.10. The highest BCUT2D eigenvalue weighted by Crippen LogP contribution is 2.32. The van der Waals surface area contributed by atoms with Crippen LogP contribution in [0.3, 0.4) is 0 Å². The zero-order valence-electron chi connectivity index (χ0n) is 14.4. The first kappa shape index (κ1) is 17.1. The van der Waals surface area contributed by atoms with E-state index in [0.29, 0.717) is 15.9 Å². The normalized spacial score (nSPS) is 11.0. The van der Waals surface area contributed by atoms with Gasteiger partial charge >= 0.3 is 5.97 Å². The van der Waals surface area contributed by atoms with E-state index in [2.05, 4.69) is 9.97 Å². The molecule has 1 aromatic carbocycles. The fourth-order valence-corrected chi connectivity index (χ4v) is 3.88. The van der Waals surface area contributed by atoms with Gasteiger partial charge in [0.2, 0.25) is 0 Å². The first-order chi connectivity index (χ1) is 13.0. The molecule has 0 amide bonds. The average molecular weight is 377 g/mol. The molecule has 0 aliphatic carbocycles. The molecule has 0 saturated carbocycles. The number of hydrogen-bond donors (Lipinski definition) is 1. The Morgan fingerprint density at radius 2 is 1.96 bits per heavy atom. The van der Waals surface area contributed by atoms with Crippen LogP contribution in [0.2, 0.25) is 0 Å². The summed E-state index contributed by atoms with van der Waals surface area (Å²) in [5, 5.41) is 11.6. The second kappa shape index (κ2) is 6.77. The molecule has 0 radical (unpaired) electrons. The van der Waals surface area contributed by atoms with Gasteiger partial charge < -0.3 is 5.11 Å². The van der Waals surface area contributed by atoms with Crippen molar-refractivity contribution in [2.24, 2.45) is 0 Å². The summed E-state index contributed by atoms with van der Waals surface area (Å²) in [7, 11) is 0. The van der Waals surface area contributed by atoms with Crippen LogP contribution in [0, 0.1) is 6.92 Å². The summed E-state index contributed by atoms with van der Waals surface area (Å²) < 4.78 is 1.18. The lowest BCUT2D eigenvalue weighted by Crippen LogP contribution is -2.27. The monoisotopic (exact) mass is 377 g/mol. The molecule has 0 unspecified atom stereocenters. The van der Waals surface area contributed by atoms with Crippen LogP contribution in [0.25, 0.3) is 32.9 Å². The van der Waals surface area contributed by atoms with E-state index in [4.69, 9.17) is 0 Å². The van der Waals surface area contributed by atoms with E-state index in [-0.39, 0.29) is 11.4 Å². The van der Waals surface area contributed by atoms with E-state index >= 15 is 0 Å². The Labute approximate surface area is 158 Å². The third kappa shape index (κ3) is 3.13. The minimum absolute atomic E-state index is 0.257. The first-order valence-electron chi connectivity index (χ1n) is 8.27. The number of rotatable bonds is 4. The molecular formula is C20H15N3O3S. The molecular weight excluding hydrogens is 362 g/mol. The van der Waals surface area contributed by atoms with Gasteiger partial charge in [0.05, 0.1) is 5.39 Å². The SMILES string of the molecule is Cc1ccc(-c2csc3nc(-c4ccccn4)n(CC(=O)O)c(=O)c23)cc1. The van der Waals surface area contributed by atoms with E-state index < -0.39 is 12.5 Å². The number of fused-ring (bicyclic) bond motifs is 1. The molecule has 134 valence electrons. The van der Waals surface area contributed by atoms with Gasteiger partial charge in [-0.1, -0.05) is 35.9 Å². The second-order valence-corrected chi connectivity index (χ2v) is 6.99. The number of hydrogen-bond acceptors (Lipinski definition) is 5. The van der Waals surface area contributed by atoms with Crippen LogP contribution in [0.4, 0.5) is 0 Å². The highest BCUT2D eigenvalue weighted by Gasteiger charge is 2.19. The minimum Gasteiger partial charge on any atom is -0.480 e. The highest BCUT2D eigenvalue weighted by atomic mass is 32.1. The molecule has 7 heteroatoms. The number of nitrogens with zero attached hydrogens (tertiary/aromatic N) is 3. The van der Waals surface area contributed by atoms with Crippen molar-refractivity contribution in [1.29, 1.82) is 0 Å². The van der Waals surface area contributed by atoms with Gasteiger partial charge in [-0.05, 0) is 24.6 Å². The molecule has 6 nitrogen and oxygen atoms in total. The number of aliphatic carboxylic acids is 1. The van der Waals surface area contributed by atoms with E-state index in [1.165, 1.54) is 15.9 Å². The fraction of sp³-hybridized carbons (Fsp3) is 0.100. The Kier molecular flexibility index (Phi) is 4.29. The van der Waals surface area contributed by atoms with Crippen LogP contribution in [0.5, 0.6) is 0 Å². The summed E-state index contributed by atoms with van der Waals surface area (Å²) in [4.78, 5) is 34.0. The van der Waals surface area contributed by atoms with Gasteiger partial charge in [-0.3, -0.25) is 19.1 Å². The summed E-state index contributed by atoms with van der Waals surface area (Å²) in [6.07, 6.45) is 1.59. The van der Waals surface area contributed by atoms with Crippen molar-refractivity contribution in [1.82, 2.24) is 14.5 Å². The smallest absolute Gasteiger partial charge is 0.323 e. The number of carbonyl (C=O) groups is 1. The summed E-state index contributed by atoms with van der Waals surface area (Å²) in [6, 6.07) is 13.1. The molecule has 0 bridgehead atoms. The minimum atomic E-state index is -1.11. The van der Waals surface area contributed by atoms with Gasteiger partial charge in [-0.2, -0.15) is 0 Å². The topological polar surface area (TPSA) is 85.1 Å². The summed E-state index contributed by atoms with van der Waals surface area (Å²) in [6.45, 7) is 1.52. The van der Waals surface area contributed by atoms with Crippen molar-refractivity contribution in [3.05, 3.63) is 70.0 Å². The Bertz CT molecular complexity index is 1200. The molecule has 0 aliphatic heterocycles. The predicted molar refractivity (Wildman–Crippen MR) is 105 cm³/mol. The lowest BCUT2D eigenvalue weighted by atomic mass is 10.0. The van der Waals surface area contributed by atoms with Crippen LogP contribution in [-0.2, 0) is 11.3 Å². The standard InChI is InChI=1S/C20H15N3O3S/c1-12-5-7-13(8-6-12)14-11-27-19-17(14)20(26)23(10-16(24)25)18(22-19)15-4-2-3-9-21-15/h2-9,11H,10H2,1H3,(H,24,25). The lowest BCUT2D eigenvalue weighted by molar-refractivity contribution is -0.137. The Balaban J connectivity index is 2.01. The molecule has 4 rings (SSSR count).